The molecule has 1 radical (unpaired) electrons. The van der Waals surface area contributed by atoms with E-state index in [-0.39, 0.29) is 5.41 Å². The fraction of sp³-hybridized carbons (Fsp3) is 0.429. The van der Waals surface area contributed by atoms with Crippen molar-refractivity contribution in [3.8, 4) is 0 Å². The summed E-state index contributed by atoms with van der Waals surface area (Å²) in [5, 5.41) is 4.81. The molecule has 1 aliphatic carbocycles. The van der Waals surface area contributed by atoms with Gasteiger partial charge in [-0.05, 0) is 30.9 Å². The van der Waals surface area contributed by atoms with Crippen molar-refractivity contribution < 1.29 is 0 Å². The Balaban J connectivity index is 2.15. The van der Waals surface area contributed by atoms with E-state index >= 15 is 0 Å². The second-order valence-corrected chi connectivity index (χ2v) is 5.19. The van der Waals surface area contributed by atoms with Gasteiger partial charge >= 0.3 is 0 Å². The van der Waals surface area contributed by atoms with Gasteiger partial charge in [-0.3, -0.25) is 5.32 Å². The molecule has 0 aromatic heterocycles. The second-order valence-electron chi connectivity index (χ2n) is 5.19. The summed E-state index contributed by atoms with van der Waals surface area (Å²) in [7, 11) is 0. The molecule has 1 aromatic carbocycles. The summed E-state index contributed by atoms with van der Waals surface area (Å²) in [5.74, 6) is 0. The molecule has 0 bridgehead atoms. The van der Waals surface area contributed by atoms with Crippen LogP contribution in [-0.2, 0) is 0 Å². The van der Waals surface area contributed by atoms with E-state index in [1.165, 1.54) is 41.8 Å². The predicted octanol–water partition coefficient (Wildman–Crippen LogP) is 3.86. The SMILES string of the molecule is CC1(C)CCCC2=C1[N]c1ccccc12. The van der Waals surface area contributed by atoms with Crippen LogP contribution < -0.4 is 5.32 Å². The van der Waals surface area contributed by atoms with Crippen molar-refractivity contribution >= 4 is 11.3 Å². The maximum atomic E-state index is 4.81. The first-order valence-electron chi connectivity index (χ1n) is 5.73. The van der Waals surface area contributed by atoms with Gasteiger partial charge in [-0.1, -0.05) is 32.0 Å². The van der Waals surface area contributed by atoms with Gasteiger partial charge in [0, 0.05) is 11.0 Å². The third-order valence-electron chi connectivity index (χ3n) is 3.62. The molecule has 0 spiro atoms. The smallest absolute Gasteiger partial charge is 0.0709 e. The summed E-state index contributed by atoms with van der Waals surface area (Å²) >= 11 is 0. The first-order chi connectivity index (χ1) is 7.18. The van der Waals surface area contributed by atoms with Crippen LogP contribution in [0.4, 0.5) is 5.69 Å². The topological polar surface area (TPSA) is 14.1 Å². The highest BCUT2D eigenvalue weighted by Crippen LogP contribution is 2.49. The van der Waals surface area contributed by atoms with Gasteiger partial charge in [-0.2, -0.15) is 0 Å². The molecule has 0 fully saturated rings. The molecule has 1 aliphatic heterocycles. The first-order valence-corrected chi connectivity index (χ1v) is 5.73. The van der Waals surface area contributed by atoms with Crippen molar-refractivity contribution in [2.75, 3.05) is 0 Å². The fourth-order valence-corrected chi connectivity index (χ4v) is 2.78. The lowest BCUT2D eigenvalue weighted by Gasteiger charge is -2.30. The van der Waals surface area contributed by atoms with Crippen molar-refractivity contribution in [1.82, 2.24) is 5.32 Å². The van der Waals surface area contributed by atoms with Crippen molar-refractivity contribution in [2.45, 2.75) is 33.1 Å². The Kier molecular flexibility index (Phi) is 1.73. The highest BCUT2D eigenvalue weighted by Gasteiger charge is 2.36. The van der Waals surface area contributed by atoms with Crippen LogP contribution in [0.15, 0.2) is 30.0 Å². The van der Waals surface area contributed by atoms with E-state index in [4.69, 9.17) is 5.32 Å². The zero-order chi connectivity index (χ0) is 10.5. The molecule has 1 nitrogen and oxygen atoms in total. The third kappa shape index (κ3) is 1.22. The van der Waals surface area contributed by atoms with Crippen LogP contribution in [0.1, 0.15) is 38.7 Å². The zero-order valence-corrected chi connectivity index (χ0v) is 9.38. The largest absolute Gasteiger partial charge is 0.252 e. The van der Waals surface area contributed by atoms with Crippen molar-refractivity contribution in [3.05, 3.63) is 35.5 Å². The summed E-state index contributed by atoms with van der Waals surface area (Å²) < 4.78 is 0. The average molecular weight is 198 g/mol. The Labute approximate surface area is 91.2 Å². The Morgan fingerprint density at radius 2 is 2.00 bits per heavy atom. The Hall–Kier alpha value is -1.24. The van der Waals surface area contributed by atoms with Gasteiger partial charge < -0.3 is 0 Å². The molecule has 1 heterocycles. The maximum Gasteiger partial charge on any atom is 0.0709 e. The highest BCUT2D eigenvalue weighted by atomic mass is 14.9. The third-order valence-corrected chi connectivity index (χ3v) is 3.62. The van der Waals surface area contributed by atoms with E-state index in [1.54, 1.807) is 0 Å². The normalized spacial score (nSPS) is 22.0. The van der Waals surface area contributed by atoms with E-state index in [0.29, 0.717) is 0 Å². The number of hydrogen-bond acceptors (Lipinski definition) is 0. The van der Waals surface area contributed by atoms with Gasteiger partial charge in [0.25, 0.3) is 0 Å². The number of allylic oxidation sites excluding steroid dienone is 2. The van der Waals surface area contributed by atoms with Crippen LogP contribution >= 0.6 is 0 Å². The van der Waals surface area contributed by atoms with Crippen LogP contribution in [0.5, 0.6) is 0 Å². The van der Waals surface area contributed by atoms with E-state index < -0.39 is 0 Å². The fourth-order valence-electron chi connectivity index (χ4n) is 2.78. The molecule has 0 amide bonds. The van der Waals surface area contributed by atoms with Gasteiger partial charge in [-0.15, -0.1) is 0 Å². The molecule has 77 valence electrons. The standard InChI is InChI=1S/C14H16N/c1-14(2)9-5-7-11-10-6-3-4-8-12(10)15-13(11)14/h3-4,6,8H,5,7,9H2,1-2H3. The number of rotatable bonds is 0. The van der Waals surface area contributed by atoms with Gasteiger partial charge in [-0.25, -0.2) is 0 Å². The van der Waals surface area contributed by atoms with Gasteiger partial charge in [0.15, 0.2) is 0 Å². The number of benzene rings is 1. The first kappa shape index (κ1) is 9.02. The maximum absolute atomic E-state index is 4.81. The molecule has 2 aliphatic rings. The lowest BCUT2D eigenvalue weighted by atomic mass is 9.76. The van der Waals surface area contributed by atoms with E-state index in [1.807, 2.05) is 0 Å². The minimum Gasteiger partial charge on any atom is -0.252 e. The monoisotopic (exact) mass is 198 g/mol. The minimum absolute atomic E-state index is 0.270. The Morgan fingerprint density at radius 1 is 1.20 bits per heavy atom. The molecule has 0 saturated carbocycles. The molecule has 0 N–H and O–H groups in total. The van der Waals surface area contributed by atoms with Gasteiger partial charge in [0.1, 0.15) is 0 Å². The predicted molar refractivity (Wildman–Crippen MR) is 62.8 cm³/mol. The molecular formula is C14H16N. The summed E-state index contributed by atoms with van der Waals surface area (Å²) in [6, 6.07) is 8.53. The van der Waals surface area contributed by atoms with Crippen LogP contribution in [0, 0.1) is 5.41 Å². The Bertz CT molecular complexity index is 440. The lowest BCUT2D eigenvalue weighted by molar-refractivity contribution is 0.368. The molecule has 15 heavy (non-hydrogen) atoms. The van der Waals surface area contributed by atoms with Crippen LogP contribution in [0.25, 0.3) is 5.57 Å². The van der Waals surface area contributed by atoms with Crippen molar-refractivity contribution in [3.63, 3.8) is 0 Å². The molecule has 0 unspecified atom stereocenters. The van der Waals surface area contributed by atoms with Crippen molar-refractivity contribution in [2.24, 2.45) is 5.41 Å². The number of fused-ring (bicyclic) bond motifs is 2. The highest BCUT2D eigenvalue weighted by molar-refractivity contribution is 5.83. The van der Waals surface area contributed by atoms with Crippen LogP contribution in [-0.4, -0.2) is 0 Å². The molecule has 0 saturated heterocycles. The number of hydrogen-bond donors (Lipinski definition) is 0. The molecule has 3 rings (SSSR count). The molecule has 1 aromatic rings. The number of nitrogens with zero attached hydrogens (tertiary/aromatic N) is 1. The van der Waals surface area contributed by atoms with Gasteiger partial charge in [0.05, 0.1) is 11.4 Å². The quantitative estimate of drug-likeness (QED) is 0.601. The zero-order valence-electron chi connectivity index (χ0n) is 9.38. The minimum atomic E-state index is 0.270. The van der Waals surface area contributed by atoms with Gasteiger partial charge in [0.2, 0.25) is 0 Å². The summed E-state index contributed by atoms with van der Waals surface area (Å²) in [5.41, 5.74) is 5.67. The average Bonchev–Trinajstić information content (AvgIpc) is 2.58. The summed E-state index contributed by atoms with van der Waals surface area (Å²) in [4.78, 5) is 0. The molecule has 1 heteroatoms. The number of para-hydroxylation sites is 1. The lowest BCUT2D eigenvalue weighted by Crippen LogP contribution is -2.22. The van der Waals surface area contributed by atoms with E-state index in [2.05, 4.69) is 38.1 Å². The summed E-state index contributed by atoms with van der Waals surface area (Å²) in [6.45, 7) is 4.63. The van der Waals surface area contributed by atoms with Crippen LogP contribution in [0.2, 0.25) is 0 Å². The Morgan fingerprint density at radius 3 is 2.87 bits per heavy atom. The molecular weight excluding hydrogens is 182 g/mol. The van der Waals surface area contributed by atoms with E-state index in [9.17, 15) is 0 Å². The summed E-state index contributed by atoms with van der Waals surface area (Å²) in [6.07, 6.45) is 3.78. The second kappa shape index (κ2) is 2.88. The van der Waals surface area contributed by atoms with Crippen molar-refractivity contribution in [1.29, 1.82) is 0 Å². The molecule has 0 atom stereocenters. The van der Waals surface area contributed by atoms with E-state index in [0.717, 1.165) is 0 Å². The van der Waals surface area contributed by atoms with Crippen LogP contribution in [0.3, 0.4) is 0 Å².